The highest BCUT2D eigenvalue weighted by Crippen LogP contribution is 2.70. The van der Waals surface area contributed by atoms with E-state index in [2.05, 4.69) is 128 Å². The summed E-state index contributed by atoms with van der Waals surface area (Å²) in [6.07, 6.45) is 14.4. The molecule has 4 aliphatic rings. The van der Waals surface area contributed by atoms with Gasteiger partial charge in [-0.05, 0) is 108 Å². The minimum Gasteiger partial charge on any atom is -0.344 e. The van der Waals surface area contributed by atoms with Crippen molar-refractivity contribution in [2.45, 2.75) is 87.0 Å². The lowest BCUT2D eigenvalue weighted by molar-refractivity contribution is -0.438. The highest BCUT2D eigenvalue weighted by atomic mass is 32.2. The van der Waals surface area contributed by atoms with E-state index in [0.29, 0.717) is 43.9 Å². The quantitative estimate of drug-likeness (QED) is 0.0452. The van der Waals surface area contributed by atoms with Gasteiger partial charge in [-0.25, -0.2) is 9.97 Å². The first-order chi connectivity index (χ1) is 29.5. The number of allylic oxidation sites excluding steroid dienone is 4. The topological polar surface area (TPSA) is 141 Å². The van der Waals surface area contributed by atoms with E-state index in [-0.39, 0.29) is 22.8 Å². The van der Waals surface area contributed by atoms with Gasteiger partial charge >= 0.3 is 0 Å². The van der Waals surface area contributed by atoms with Crippen molar-refractivity contribution in [3.63, 3.8) is 0 Å². The molecule has 2 N–H and O–H groups in total. The number of aromatic nitrogens is 2. The van der Waals surface area contributed by atoms with Crippen LogP contribution in [0.3, 0.4) is 0 Å². The fourth-order valence-corrected chi connectivity index (χ4v) is 13.2. The third-order valence-corrected chi connectivity index (χ3v) is 16.4. The van der Waals surface area contributed by atoms with Crippen LogP contribution in [0.15, 0.2) is 131 Å². The number of anilines is 1. The van der Waals surface area contributed by atoms with Crippen molar-refractivity contribution in [2.24, 2.45) is 5.92 Å². The van der Waals surface area contributed by atoms with Gasteiger partial charge in [-0.3, -0.25) is 9.11 Å². The van der Waals surface area contributed by atoms with Crippen LogP contribution in [-0.2, 0) is 31.1 Å². The molecule has 1 aromatic heterocycles. The molecule has 1 fully saturated rings. The standard InChI is InChI=1S/C49H52N4O6S3/c1-47(2)41(52(28-9-11-30-61(54,55)56)39-23-19-33-14-5-7-16-36(33)44(39)47)25-21-35-18-22-38-43(35)49(38,60-46-50-26-13-27-51-46)32-42-48(3,4)45-37-17-8-6-15-34(37)20-24-40(45)53(42)29-10-12-31-62(57,58)59/h5-8,13-17,19-21,23-27,32,38H,9-12,18,22,28-31H2,1-4H3,(H-,54,55,56,57,58,59)/p+1. The maximum atomic E-state index is 11.7. The molecule has 10 nitrogen and oxygen atoms in total. The molecule has 9 rings (SSSR count). The number of hydrogen-bond donors (Lipinski definition) is 2. The highest BCUT2D eigenvalue weighted by Gasteiger charge is 2.64. The van der Waals surface area contributed by atoms with Crippen LogP contribution in [0.5, 0.6) is 0 Å². The molecule has 2 aliphatic carbocycles. The summed E-state index contributed by atoms with van der Waals surface area (Å²) < 4.78 is 67.7. The first-order valence-electron chi connectivity index (χ1n) is 21.5. The van der Waals surface area contributed by atoms with E-state index in [4.69, 9.17) is 9.97 Å². The second kappa shape index (κ2) is 15.8. The summed E-state index contributed by atoms with van der Waals surface area (Å²) in [6.45, 7) is 10.3. The van der Waals surface area contributed by atoms with Crippen molar-refractivity contribution < 1.29 is 30.5 Å². The van der Waals surface area contributed by atoms with Crippen molar-refractivity contribution in [3.8, 4) is 0 Å². The highest BCUT2D eigenvalue weighted by molar-refractivity contribution is 8.01. The zero-order valence-electron chi connectivity index (χ0n) is 35.6. The maximum absolute atomic E-state index is 11.7. The van der Waals surface area contributed by atoms with E-state index in [0.717, 1.165) is 35.6 Å². The molecule has 13 heteroatoms. The van der Waals surface area contributed by atoms with E-state index in [1.54, 1.807) is 24.2 Å². The van der Waals surface area contributed by atoms with Crippen molar-refractivity contribution in [3.05, 3.63) is 137 Å². The molecule has 2 atom stereocenters. The lowest BCUT2D eigenvalue weighted by Crippen LogP contribution is -2.29. The van der Waals surface area contributed by atoms with Crippen molar-refractivity contribution in [2.75, 3.05) is 29.5 Å². The average molecular weight is 890 g/mol. The first-order valence-corrected chi connectivity index (χ1v) is 25.5. The molecule has 2 aliphatic heterocycles. The summed E-state index contributed by atoms with van der Waals surface area (Å²) in [6, 6.07) is 27.5. The fraction of sp³-hybridized carbons (Fsp3) is 0.367. The Morgan fingerprint density at radius 2 is 1.39 bits per heavy atom. The van der Waals surface area contributed by atoms with Gasteiger partial charge in [0.25, 0.3) is 20.2 Å². The normalized spacial score (nSPS) is 22.1. The van der Waals surface area contributed by atoms with E-state index >= 15 is 0 Å². The second-order valence-electron chi connectivity index (χ2n) is 18.1. The van der Waals surface area contributed by atoms with Gasteiger partial charge in [0, 0.05) is 65.8 Å². The molecule has 0 radical (unpaired) electrons. The predicted octanol–water partition coefficient (Wildman–Crippen LogP) is 9.98. The van der Waals surface area contributed by atoms with Crippen LogP contribution in [0.2, 0.25) is 0 Å². The molecule has 0 spiro atoms. The van der Waals surface area contributed by atoms with Crippen LogP contribution in [0.4, 0.5) is 11.4 Å². The Morgan fingerprint density at radius 3 is 2.06 bits per heavy atom. The summed E-state index contributed by atoms with van der Waals surface area (Å²) in [4.78, 5) is 11.8. The van der Waals surface area contributed by atoms with Gasteiger partial charge in [0.15, 0.2) is 10.9 Å². The average Bonchev–Trinajstić information content (AvgIpc) is 3.41. The number of benzene rings is 4. The van der Waals surface area contributed by atoms with Crippen molar-refractivity contribution in [1.29, 1.82) is 0 Å². The molecule has 62 heavy (non-hydrogen) atoms. The predicted molar refractivity (Wildman–Crippen MR) is 250 cm³/mol. The molecule has 1 saturated carbocycles. The summed E-state index contributed by atoms with van der Waals surface area (Å²) in [5.74, 6) is -0.277. The van der Waals surface area contributed by atoms with E-state index < -0.39 is 30.4 Å². The second-order valence-corrected chi connectivity index (χ2v) is 22.5. The number of nitrogens with zero attached hydrogens (tertiary/aromatic N) is 4. The Morgan fingerprint density at radius 1 is 0.758 bits per heavy atom. The summed E-state index contributed by atoms with van der Waals surface area (Å²) in [7, 11) is -8.13. The molecule has 0 amide bonds. The minimum absolute atomic E-state index is 0.264. The van der Waals surface area contributed by atoms with Crippen LogP contribution < -0.4 is 4.90 Å². The minimum atomic E-state index is -4.07. The molecule has 3 heterocycles. The van der Waals surface area contributed by atoms with Crippen LogP contribution in [0, 0.1) is 5.92 Å². The third-order valence-electron chi connectivity index (χ3n) is 13.4. The Bertz CT molecular complexity index is 2980. The van der Waals surface area contributed by atoms with Gasteiger partial charge in [-0.2, -0.15) is 21.4 Å². The van der Waals surface area contributed by atoms with Crippen LogP contribution in [-0.4, -0.2) is 75.5 Å². The number of hydrogen-bond acceptors (Lipinski definition) is 8. The van der Waals surface area contributed by atoms with Gasteiger partial charge in [-0.15, -0.1) is 0 Å². The van der Waals surface area contributed by atoms with Gasteiger partial charge in [0.05, 0.1) is 21.7 Å². The summed E-state index contributed by atoms with van der Waals surface area (Å²) >= 11 is 1.71. The van der Waals surface area contributed by atoms with E-state index in [1.165, 1.54) is 43.8 Å². The van der Waals surface area contributed by atoms with Gasteiger partial charge < -0.3 is 4.90 Å². The zero-order valence-corrected chi connectivity index (χ0v) is 38.0. The maximum Gasteiger partial charge on any atom is 0.264 e. The first kappa shape index (κ1) is 42.6. The molecule has 2 unspecified atom stereocenters. The Balaban J connectivity index is 1.15. The van der Waals surface area contributed by atoms with Crippen LogP contribution in [0.25, 0.3) is 21.5 Å². The largest absolute Gasteiger partial charge is 0.344 e. The van der Waals surface area contributed by atoms with Gasteiger partial charge in [-0.1, -0.05) is 86.3 Å². The summed E-state index contributed by atoms with van der Waals surface area (Å²) in [5, 5.41) is 5.44. The molecule has 0 bridgehead atoms. The third kappa shape index (κ3) is 7.74. The molecule has 4 aromatic carbocycles. The SMILES string of the molecule is CC1(C)C(=CC2(Sc3ncccn3)C3=C(C=CC4=[N+](CCCCS(=O)(=O)O)c5ccc6ccccc6c5C4(C)C)CCC32)N(CCCCS(=O)(=O)O)c2ccc3ccccc3c21. The number of fused-ring (bicyclic) bond motifs is 7. The molecule has 5 aromatic rings. The van der Waals surface area contributed by atoms with Gasteiger partial charge in [0.2, 0.25) is 5.69 Å². The monoisotopic (exact) mass is 889 g/mol. The Kier molecular flexibility index (Phi) is 10.9. The number of unbranched alkanes of at least 4 members (excludes halogenated alkanes) is 2. The van der Waals surface area contributed by atoms with Crippen molar-refractivity contribution in [1.82, 2.24) is 9.97 Å². The lowest BCUT2D eigenvalue weighted by Gasteiger charge is -2.29. The van der Waals surface area contributed by atoms with Crippen LogP contribution in [0.1, 0.15) is 77.3 Å². The summed E-state index contributed by atoms with van der Waals surface area (Å²) in [5.41, 5.74) is 8.96. The lowest BCUT2D eigenvalue weighted by atomic mass is 9.79. The Hall–Kier alpha value is -4.66. The molecular weight excluding hydrogens is 837 g/mol. The van der Waals surface area contributed by atoms with E-state index in [9.17, 15) is 25.9 Å². The Labute approximate surface area is 369 Å². The van der Waals surface area contributed by atoms with E-state index in [1.807, 2.05) is 6.07 Å². The molecular formula is C49H53N4O6S3+. The number of thioether (sulfide) groups is 1. The smallest absolute Gasteiger partial charge is 0.264 e. The van der Waals surface area contributed by atoms with Crippen molar-refractivity contribution >= 4 is 70.6 Å². The fourth-order valence-electron chi connectivity index (χ4n) is 10.7. The molecule has 0 saturated heterocycles. The van der Waals surface area contributed by atoms with Gasteiger partial charge in [0.1, 0.15) is 6.54 Å². The zero-order chi connectivity index (χ0) is 43.7. The number of rotatable bonds is 15. The van der Waals surface area contributed by atoms with Crippen LogP contribution >= 0.6 is 11.8 Å². The molecule has 322 valence electrons.